The number of halogens is 1. The van der Waals surface area contributed by atoms with Gasteiger partial charge in [0.2, 0.25) is 0 Å². The smallest absolute Gasteiger partial charge is 0.267 e. The molecule has 0 amide bonds. The summed E-state index contributed by atoms with van der Waals surface area (Å²) in [4.78, 5) is 16.8. The highest BCUT2D eigenvalue weighted by Crippen LogP contribution is 2.35. The highest BCUT2D eigenvalue weighted by molar-refractivity contribution is 7.85. The number of ether oxygens (including phenoxy) is 3. The summed E-state index contributed by atoms with van der Waals surface area (Å²) in [5.74, 6) is 1.10. The minimum atomic E-state index is -3.92. The van der Waals surface area contributed by atoms with E-state index in [4.69, 9.17) is 28.7 Å². The topological polar surface area (TPSA) is 165 Å². The lowest BCUT2D eigenvalue weighted by Gasteiger charge is -2.26. The van der Waals surface area contributed by atoms with Crippen LogP contribution in [0.2, 0.25) is 0 Å². The second-order valence-electron chi connectivity index (χ2n) is 10.7. The van der Waals surface area contributed by atoms with Crippen molar-refractivity contribution < 1.29 is 41.5 Å². The summed E-state index contributed by atoms with van der Waals surface area (Å²) in [7, 11) is -2.30. The molecule has 48 heavy (non-hydrogen) atoms. The molecule has 3 N–H and O–H groups in total. The van der Waals surface area contributed by atoms with Crippen LogP contribution >= 0.6 is 0 Å². The van der Waals surface area contributed by atoms with E-state index in [1.54, 1.807) is 19.2 Å². The van der Waals surface area contributed by atoms with Gasteiger partial charge in [0.05, 0.1) is 50.5 Å². The number of aromatic nitrogens is 2. The van der Waals surface area contributed by atoms with Gasteiger partial charge in [-0.1, -0.05) is 29.4 Å². The Kier molecular flexibility index (Phi) is 13.8. The van der Waals surface area contributed by atoms with Gasteiger partial charge in [-0.3, -0.25) is 9.45 Å². The molecule has 4 aromatic rings. The maximum atomic E-state index is 13.1. The fourth-order valence-corrected chi connectivity index (χ4v) is 4.85. The van der Waals surface area contributed by atoms with Crippen LogP contribution in [-0.4, -0.2) is 97.6 Å². The molecule has 5 rings (SSSR count). The van der Waals surface area contributed by atoms with Crippen LogP contribution in [0, 0.1) is 5.82 Å². The van der Waals surface area contributed by atoms with Crippen LogP contribution in [0.15, 0.2) is 72.1 Å². The Morgan fingerprint density at radius 2 is 1.79 bits per heavy atom. The van der Waals surface area contributed by atoms with Crippen LogP contribution in [0.3, 0.4) is 0 Å². The molecule has 1 aliphatic heterocycles. The Bertz CT molecular complexity index is 1740. The summed E-state index contributed by atoms with van der Waals surface area (Å²) < 4.78 is 57.3. The van der Waals surface area contributed by atoms with Gasteiger partial charge in [-0.15, -0.1) is 0 Å². The van der Waals surface area contributed by atoms with Crippen molar-refractivity contribution >= 4 is 38.2 Å². The molecule has 0 radical (unpaired) electrons. The van der Waals surface area contributed by atoms with E-state index >= 15 is 0 Å². The number of morpholine rings is 1. The van der Waals surface area contributed by atoms with Crippen molar-refractivity contribution in [3.8, 4) is 11.5 Å². The molecular weight excluding hydrogens is 645 g/mol. The number of hydrogen-bond acceptors (Lipinski definition) is 12. The van der Waals surface area contributed by atoms with Gasteiger partial charge in [0.25, 0.3) is 10.1 Å². The third-order valence-corrected chi connectivity index (χ3v) is 7.86. The molecule has 0 spiro atoms. The summed E-state index contributed by atoms with van der Waals surface area (Å²) in [5, 5.41) is 16.3. The van der Waals surface area contributed by atoms with Crippen molar-refractivity contribution in [2.75, 3.05) is 64.2 Å². The first-order valence-electron chi connectivity index (χ1n) is 15.3. The Morgan fingerprint density at radius 1 is 1.06 bits per heavy atom. The maximum Gasteiger partial charge on any atom is 0.267 e. The minimum Gasteiger partial charge on any atom is -0.493 e. The molecule has 1 aromatic heterocycles. The number of anilines is 2. The first-order chi connectivity index (χ1) is 23.1. The number of nitrogens with zero attached hydrogens (tertiary/aromatic N) is 4. The molecule has 0 aliphatic carbocycles. The molecule has 0 bridgehead atoms. The Labute approximate surface area is 279 Å². The van der Waals surface area contributed by atoms with Crippen molar-refractivity contribution in [1.29, 1.82) is 0 Å². The average Bonchev–Trinajstić information content (AvgIpc) is 3.08. The van der Waals surface area contributed by atoms with E-state index in [1.165, 1.54) is 18.5 Å². The Morgan fingerprint density at radius 3 is 2.44 bits per heavy atom. The van der Waals surface area contributed by atoms with Crippen molar-refractivity contribution in [2.45, 2.75) is 20.0 Å². The molecule has 258 valence electrons. The van der Waals surface area contributed by atoms with Crippen LogP contribution in [0.4, 0.5) is 15.9 Å². The molecule has 2 heterocycles. The highest BCUT2D eigenvalue weighted by atomic mass is 32.2. The second kappa shape index (κ2) is 18.2. The lowest BCUT2D eigenvalue weighted by Crippen LogP contribution is -2.37. The lowest BCUT2D eigenvalue weighted by atomic mass is 10.1. The first kappa shape index (κ1) is 36.4. The third kappa shape index (κ3) is 11.7. The zero-order chi connectivity index (χ0) is 34.4. The van der Waals surface area contributed by atoms with E-state index in [0.717, 1.165) is 72.7 Å². The standard InChI is InChI=1S/C31H34FN5O4.C2H6O4S/c1-22(36-41-20-23-4-8-25(32)9-5-23)24-6-10-26(11-7-24)35-31-27-18-30(29(38-2)19-28(27)33-21-34-31)40-15-3-12-37-13-16-39-17-14-37;3-1-2-7(4,5)6/h4-11,18-19,21H,3,12-17,20H2,1-2H3,(H,33,34,35);3H,1-2H2,(H,4,5,6). The van der Waals surface area contributed by atoms with Gasteiger partial charge in [0.1, 0.15) is 24.6 Å². The Balaban J connectivity index is 0.000000671. The first-order valence-corrected chi connectivity index (χ1v) is 16.9. The van der Waals surface area contributed by atoms with E-state index < -0.39 is 22.5 Å². The number of benzene rings is 3. The number of aliphatic hydroxyl groups excluding tert-OH is 1. The largest absolute Gasteiger partial charge is 0.493 e. The third-order valence-electron chi connectivity index (χ3n) is 7.16. The summed E-state index contributed by atoms with van der Waals surface area (Å²) >= 11 is 0. The highest BCUT2D eigenvalue weighted by Gasteiger charge is 2.14. The average molecular weight is 686 g/mol. The SMILES string of the molecule is COc1cc2ncnc(Nc3ccc(C(C)=NOCc4ccc(F)cc4)cc3)c2cc1OCCCN1CCOCC1.O=S(=O)(O)CCO. The molecule has 0 unspecified atom stereocenters. The minimum absolute atomic E-state index is 0.266. The van der Waals surface area contributed by atoms with E-state index in [2.05, 4.69) is 25.3 Å². The molecule has 0 atom stereocenters. The van der Waals surface area contributed by atoms with Crippen LogP contribution < -0.4 is 14.8 Å². The van der Waals surface area contributed by atoms with Gasteiger partial charge in [0, 0.05) is 36.8 Å². The van der Waals surface area contributed by atoms with E-state index in [0.29, 0.717) is 23.9 Å². The van der Waals surface area contributed by atoms with Crippen LogP contribution in [0.5, 0.6) is 11.5 Å². The van der Waals surface area contributed by atoms with E-state index in [9.17, 15) is 12.8 Å². The molecule has 3 aromatic carbocycles. The molecule has 13 nitrogen and oxygen atoms in total. The molecule has 15 heteroatoms. The normalized spacial score (nSPS) is 13.8. The number of oxime groups is 1. The van der Waals surface area contributed by atoms with Crippen LogP contribution in [0.1, 0.15) is 24.5 Å². The van der Waals surface area contributed by atoms with Gasteiger partial charge in [-0.05, 0) is 54.8 Å². The number of hydrogen-bond donors (Lipinski definition) is 3. The molecule has 1 saturated heterocycles. The van der Waals surface area contributed by atoms with Gasteiger partial charge in [0.15, 0.2) is 11.5 Å². The molecule has 1 aliphatic rings. The zero-order valence-electron chi connectivity index (χ0n) is 26.8. The number of rotatable bonds is 14. The van der Waals surface area contributed by atoms with Crippen molar-refractivity contribution in [3.05, 3.63) is 83.9 Å². The number of fused-ring (bicyclic) bond motifs is 1. The monoisotopic (exact) mass is 685 g/mol. The Hall–Kier alpha value is -4.41. The number of aliphatic hydroxyl groups is 1. The zero-order valence-corrected chi connectivity index (χ0v) is 27.7. The van der Waals surface area contributed by atoms with Crippen molar-refractivity contribution in [2.24, 2.45) is 5.16 Å². The van der Waals surface area contributed by atoms with Gasteiger partial charge < -0.3 is 29.5 Å². The van der Waals surface area contributed by atoms with Gasteiger partial charge in [-0.25, -0.2) is 14.4 Å². The van der Waals surface area contributed by atoms with Crippen molar-refractivity contribution in [3.63, 3.8) is 0 Å². The number of nitrogens with one attached hydrogen (secondary N) is 1. The predicted molar refractivity (Wildman–Crippen MR) is 180 cm³/mol. The van der Waals surface area contributed by atoms with Crippen LogP contribution in [0.25, 0.3) is 10.9 Å². The van der Waals surface area contributed by atoms with Crippen LogP contribution in [-0.2, 0) is 26.3 Å². The molecule has 1 fully saturated rings. The van der Waals surface area contributed by atoms with E-state index in [1.807, 2.05) is 43.3 Å². The number of methoxy groups -OCH3 is 1. The lowest BCUT2D eigenvalue weighted by molar-refractivity contribution is 0.0357. The second-order valence-corrected chi connectivity index (χ2v) is 12.3. The van der Waals surface area contributed by atoms with E-state index in [-0.39, 0.29) is 12.4 Å². The summed E-state index contributed by atoms with van der Waals surface area (Å²) in [6.07, 6.45) is 2.43. The molecular formula is C33H40FN5O8S. The summed E-state index contributed by atoms with van der Waals surface area (Å²) in [5.41, 5.74) is 4.10. The predicted octanol–water partition coefficient (Wildman–Crippen LogP) is 4.43. The van der Waals surface area contributed by atoms with Gasteiger partial charge >= 0.3 is 0 Å². The fourth-order valence-electron chi connectivity index (χ4n) is 4.61. The quantitative estimate of drug-likeness (QED) is 0.0742. The maximum absolute atomic E-state index is 13.1. The van der Waals surface area contributed by atoms with Crippen molar-refractivity contribution in [1.82, 2.24) is 14.9 Å². The fraction of sp³-hybridized carbons (Fsp3) is 0.364. The molecule has 0 saturated carbocycles. The van der Waals surface area contributed by atoms with Gasteiger partial charge in [-0.2, -0.15) is 8.42 Å². The summed E-state index contributed by atoms with van der Waals surface area (Å²) in [6, 6.07) is 17.8. The summed E-state index contributed by atoms with van der Waals surface area (Å²) in [6.45, 7) is 6.66.